The van der Waals surface area contributed by atoms with E-state index in [9.17, 15) is 3.74 Å². The number of rotatable bonds is 4. The van der Waals surface area contributed by atoms with Crippen molar-refractivity contribution >= 4 is 25.7 Å². The average molecular weight is 245 g/mol. The Kier molecular flexibility index (Phi) is 3.93. The summed E-state index contributed by atoms with van der Waals surface area (Å²) in [7, 11) is 0. The Morgan fingerprint density at radius 3 is 2.85 bits per heavy atom. The summed E-state index contributed by atoms with van der Waals surface area (Å²) < 4.78 is 16.5. The van der Waals surface area contributed by atoms with Crippen LogP contribution in [0.4, 0.5) is 5.69 Å². The molecule has 5 heteroatoms. The number of aliphatic hydroxyl groups excluding tert-OH is 1. The second-order valence-corrected chi connectivity index (χ2v) is 4.38. The fraction of sp³-hybridized carbons (Fsp3) is 0.250. The molecule has 0 aliphatic carbocycles. The molecule has 3 N–H and O–H groups in total. The van der Waals surface area contributed by atoms with Gasteiger partial charge < -0.3 is 0 Å². The van der Waals surface area contributed by atoms with E-state index in [1.807, 2.05) is 0 Å². The first kappa shape index (κ1) is 10.2. The SMILES string of the molecule is Nc1cc([AsH2]=O)ccc1OCCO. The first-order valence-electron chi connectivity index (χ1n) is 3.86. The third-order valence-electron chi connectivity index (χ3n) is 1.52. The van der Waals surface area contributed by atoms with E-state index >= 15 is 0 Å². The summed E-state index contributed by atoms with van der Waals surface area (Å²) in [6.07, 6.45) is 0. The van der Waals surface area contributed by atoms with Crippen LogP contribution in [0.2, 0.25) is 0 Å². The maximum absolute atomic E-state index is 10.6. The molecular weight excluding hydrogens is 233 g/mol. The van der Waals surface area contributed by atoms with Crippen LogP contribution in [-0.2, 0) is 3.74 Å². The van der Waals surface area contributed by atoms with E-state index < -0.39 is 15.7 Å². The van der Waals surface area contributed by atoms with Crippen LogP contribution in [0.15, 0.2) is 18.2 Å². The molecule has 0 amide bonds. The molecule has 0 radical (unpaired) electrons. The number of anilines is 1. The Balaban J connectivity index is 2.79. The van der Waals surface area contributed by atoms with Crippen LogP contribution in [0.25, 0.3) is 0 Å². The molecule has 0 spiro atoms. The molecule has 0 fully saturated rings. The standard InChI is InChI=1S/C8H12AsNO3/c10-7-5-6(9-12)1-2-8(7)13-4-3-11/h1-2,5,11H,3-4,9-10H2. The molecule has 1 unspecified atom stereocenters. The molecule has 0 saturated heterocycles. The average Bonchev–Trinajstić information content (AvgIpc) is 2.16. The van der Waals surface area contributed by atoms with Crippen molar-refractivity contribution in [2.75, 3.05) is 18.9 Å². The zero-order chi connectivity index (χ0) is 9.68. The van der Waals surface area contributed by atoms with Crippen LogP contribution in [0, 0.1) is 0 Å². The van der Waals surface area contributed by atoms with Gasteiger partial charge in [0.15, 0.2) is 0 Å². The molecule has 0 aromatic heterocycles. The second kappa shape index (κ2) is 5.00. The van der Waals surface area contributed by atoms with Crippen molar-refractivity contribution in [3.05, 3.63) is 18.2 Å². The van der Waals surface area contributed by atoms with Crippen molar-refractivity contribution in [2.24, 2.45) is 0 Å². The van der Waals surface area contributed by atoms with Gasteiger partial charge in [0, 0.05) is 0 Å². The van der Waals surface area contributed by atoms with E-state index in [4.69, 9.17) is 15.6 Å². The number of benzene rings is 1. The molecule has 0 heterocycles. The van der Waals surface area contributed by atoms with Crippen LogP contribution in [0.1, 0.15) is 0 Å². The van der Waals surface area contributed by atoms with Gasteiger partial charge in [0.25, 0.3) is 0 Å². The molecule has 13 heavy (non-hydrogen) atoms. The summed E-state index contributed by atoms with van der Waals surface area (Å²) in [4.78, 5) is 0. The molecule has 1 atom stereocenters. The fourth-order valence-electron chi connectivity index (χ4n) is 0.927. The Bertz CT molecular complexity index is 303. The first-order chi connectivity index (χ1) is 6.27. The van der Waals surface area contributed by atoms with Gasteiger partial charge >= 0.3 is 82.2 Å². The van der Waals surface area contributed by atoms with Gasteiger partial charge in [-0.25, -0.2) is 0 Å². The normalized spacial score (nSPS) is 10.8. The Morgan fingerprint density at radius 2 is 2.31 bits per heavy atom. The van der Waals surface area contributed by atoms with Crippen LogP contribution in [-0.4, -0.2) is 34.0 Å². The molecular formula is C8H12AsNO3. The van der Waals surface area contributed by atoms with Crippen molar-refractivity contribution in [2.45, 2.75) is 0 Å². The van der Waals surface area contributed by atoms with Gasteiger partial charge in [0.05, 0.1) is 0 Å². The molecule has 0 saturated carbocycles. The van der Waals surface area contributed by atoms with E-state index in [1.165, 1.54) is 0 Å². The predicted molar refractivity (Wildman–Crippen MR) is 52.3 cm³/mol. The van der Waals surface area contributed by atoms with Crippen LogP contribution >= 0.6 is 0 Å². The zero-order valence-corrected chi connectivity index (χ0v) is 9.49. The molecule has 0 aliphatic heterocycles. The predicted octanol–water partition coefficient (Wildman–Crippen LogP) is -1.22. The number of hydrogen-bond donors (Lipinski definition) is 2. The van der Waals surface area contributed by atoms with E-state index in [-0.39, 0.29) is 13.2 Å². The van der Waals surface area contributed by atoms with E-state index in [2.05, 4.69) is 0 Å². The number of aliphatic hydroxyl groups is 1. The van der Waals surface area contributed by atoms with Crippen LogP contribution in [0.5, 0.6) is 5.75 Å². The summed E-state index contributed by atoms with van der Waals surface area (Å²) in [6.45, 7) is 0.179. The van der Waals surface area contributed by atoms with E-state index in [0.717, 1.165) is 4.35 Å². The van der Waals surface area contributed by atoms with Gasteiger partial charge in [-0.3, -0.25) is 0 Å². The Morgan fingerprint density at radius 1 is 1.54 bits per heavy atom. The monoisotopic (exact) mass is 245 g/mol. The summed E-state index contributed by atoms with van der Waals surface area (Å²) in [5, 5.41) is 8.51. The number of hydrogen-bond acceptors (Lipinski definition) is 4. The van der Waals surface area contributed by atoms with Crippen molar-refractivity contribution in [3.8, 4) is 5.75 Å². The molecule has 4 nitrogen and oxygen atoms in total. The van der Waals surface area contributed by atoms with Gasteiger partial charge in [0.1, 0.15) is 0 Å². The minimum atomic E-state index is -1.54. The van der Waals surface area contributed by atoms with Crippen molar-refractivity contribution < 1.29 is 13.6 Å². The van der Waals surface area contributed by atoms with Crippen LogP contribution in [0.3, 0.4) is 0 Å². The Labute approximate surface area is 82.6 Å². The number of nitrogens with two attached hydrogens (primary N) is 1. The molecule has 0 aliphatic rings. The topological polar surface area (TPSA) is 72.6 Å². The third kappa shape index (κ3) is 2.83. The fourth-order valence-corrected chi connectivity index (χ4v) is 1.81. The van der Waals surface area contributed by atoms with Crippen molar-refractivity contribution in [3.63, 3.8) is 0 Å². The van der Waals surface area contributed by atoms with Crippen LogP contribution < -0.4 is 14.8 Å². The van der Waals surface area contributed by atoms with Gasteiger partial charge in [-0.2, -0.15) is 0 Å². The van der Waals surface area contributed by atoms with Gasteiger partial charge in [0.2, 0.25) is 0 Å². The summed E-state index contributed by atoms with van der Waals surface area (Å²) in [5.41, 5.74) is 6.09. The zero-order valence-electron chi connectivity index (χ0n) is 7.06. The van der Waals surface area contributed by atoms with Gasteiger partial charge in [-0.05, 0) is 0 Å². The van der Waals surface area contributed by atoms with Crippen molar-refractivity contribution in [1.29, 1.82) is 0 Å². The van der Waals surface area contributed by atoms with Gasteiger partial charge in [-0.1, -0.05) is 0 Å². The van der Waals surface area contributed by atoms with Gasteiger partial charge in [-0.15, -0.1) is 0 Å². The molecule has 1 aromatic carbocycles. The number of ether oxygens (including phenoxy) is 1. The summed E-state index contributed by atoms with van der Waals surface area (Å²) >= 11 is -1.54. The molecule has 1 aromatic rings. The second-order valence-electron chi connectivity index (χ2n) is 2.49. The molecule has 1 rings (SSSR count). The minimum absolute atomic E-state index is 0.0431. The number of nitrogen functional groups attached to an aromatic ring is 1. The summed E-state index contributed by atoms with van der Waals surface area (Å²) in [6, 6.07) is 5.06. The van der Waals surface area contributed by atoms with E-state index in [1.54, 1.807) is 18.2 Å². The quantitative estimate of drug-likeness (QED) is 0.515. The molecule has 0 bridgehead atoms. The molecule has 72 valence electrons. The van der Waals surface area contributed by atoms with E-state index in [0.29, 0.717) is 11.4 Å². The first-order valence-corrected chi connectivity index (χ1v) is 6.06. The summed E-state index contributed by atoms with van der Waals surface area (Å²) in [5.74, 6) is 0.531. The maximum atomic E-state index is 10.6. The third-order valence-corrected chi connectivity index (χ3v) is 2.84. The Hall–Kier alpha value is -0.862. The van der Waals surface area contributed by atoms with Crippen molar-refractivity contribution in [1.82, 2.24) is 0 Å².